The molecular formula is C16H17N3O5S. The number of nitrogens with one attached hydrogen (secondary N) is 2. The third kappa shape index (κ3) is 4.70. The molecule has 0 radical (unpaired) electrons. The SMILES string of the molecule is COc1cc(NC(=S)Nc2ccc([N+](=O)[O-])cc2OC)cc(OC)c1. The van der Waals surface area contributed by atoms with Crippen LogP contribution in [0.25, 0.3) is 0 Å². The number of nitro benzene ring substituents is 1. The first-order valence-corrected chi connectivity index (χ1v) is 7.51. The molecular weight excluding hydrogens is 346 g/mol. The van der Waals surface area contributed by atoms with Crippen molar-refractivity contribution in [2.75, 3.05) is 32.0 Å². The Hall–Kier alpha value is -3.07. The highest BCUT2D eigenvalue weighted by molar-refractivity contribution is 7.80. The van der Waals surface area contributed by atoms with E-state index in [1.54, 1.807) is 32.4 Å². The van der Waals surface area contributed by atoms with E-state index in [-0.39, 0.29) is 10.8 Å². The van der Waals surface area contributed by atoms with Gasteiger partial charge in [-0.25, -0.2) is 0 Å². The Balaban J connectivity index is 2.16. The van der Waals surface area contributed by atoms with Gasteiger partial charge in [-0.3, -0.25) is 10.1 Å². The van der Waals surface area contributed by atoms with Gasteiger partial charge in [0.2, 0.25) is 0 Å². The van der Waals surface area contributed by atoms with E-state index >= 15 is 0 Å². The summed E-state index contributed by atoms with van der Waals surface area (Å²) in [6.45, 7) is 0. The predicted molar refractivity (Wildman–Crippen MR) is 99.0 cm³/mol. The second kappa shape index (κ2) is 8.15. The van der Waals surface area contributed by atoms with Crippen molar-refractivity contribution in [2.24, 2.45) is 0 Å². The average molecular weight is 363 g/mol. The molecule has 0 aliphatic carbocycles. The maximum atomic E-state index is 10.8. The number of thiocarbonyl (C=S) groups is 1. The molecule has 0 spiro atoms. The number of nitro groups is 1. The van der Waals surface area contributed by atoms with Gasteiger partial charge < -0.3 is 24.8 Å². The molecule has 2 aromatic carbocycles. The molecule has 25 heavy (non-hydrogen) atoms. The smallest absolute Gasteiger partial charge is 0.273 e. The van der Waals surface area contributed by atoms with Gasteiger partial charge in [0.15, 0.2) is 5.11 Å². The Morgan fingerprint density at radius 1 is 1.00 bits per heavy atom. The summed E-state index contributed by atoms with van der Waals surface area (Å²) in [5, 5.41) is 17.1. The predicted octanol–water partition coefficient (Wildman–Crippen LogP) is 3.43. The zero-order valence-corrected chi connectivity index (χ0v) is 14.7. The standard InChI is InChI=1S/C16H17N3O5S/c1-22-12-6-10(7-13(9-12)23-2)17-16(25)18-14-5-4-11(19(20)21)8-15(14)24-3/h4-9H,1-3H3,(H2,17,18,25). The van der Waals surface area contributed by atoms with Gasteiger partial charge in [-0.2, -0.15) is 0 Å². The van der Waals surface area contributed by atoms with Gasteiger partial charge in [-0.15, -0.1) is 0 Å². The van der Waals surface area contributed by atoms with Crippen molar-refractivity contribution in [2.45, 2.75) is 0 Å². The second-order valence-electron chi connectivity index (χ2n) is 4.82. The highest BCUT2D eigenvalue weighted by Gasteiger charge is 2.12. The number of nitrogens with zero attached hydrogens (tertiary/aromatic N) is 1. The topological polar surface area (TPSA) is 94.9 Å². The van der Waals surface area contributed by atoms with Crippen molar-refractivity contribution >= 4 is 34.4 Å². The fourth-order valence-corrected chi connectivity index (χ4v) is 2.29. The lowest BCUT2D eigenvalue weighted by Crippen LogP contribution is -2.19. The highest BCUT2D eigenvalue weighted by atomic mass is 32.1. The maximum Gasteiger partial charge on any atom is 0.273 e. The summed E-state index contributed by atoms with van der Waals surface area (Å²) in [6.07, 6.45) is 0. The van der Waals surface area contributed by atoms with Crippen LogP contribution in [-0.2, 0) is 0 Å². The summed E-state index contributed by atoms with van der Waals surface area (Å²) in [7, 11) is 4.53. The van der Waals surface area contributed by atoms with Crippen LogP contribution in [0.3, 0.4) is 0 Å². The van der Waals surface area contributed by atoms with E-state index in [1.807, 2.05) is 0 Å². The molecule has 0 bridgehead atoms. The minimum Gasteiger partial charge on any atom is -0.497 e. The quantitative estimate of drug-likeness (QED) is 0.458. The Kier molecular flexibility index (Phi) is 5.96. The van der Waals surface area contributed by atoms with Crippen LogP contribution < -0.4 is 24.8 Å². The number of benzene rings is 2. The number of hydrogen-bond acceptors (Lipinski definition) is 6. The average Bonchev–Trinajstić information content (AvgIpc) is 2.61. The largest absolute Gasteiger partial charge is 0.497 e. The van der Waals surface area contributed by atoms with Crippen molar-refractivity contribution < 1.29 is 19.1 Å². The van der Waals surface area contributed by atoms with E-state index in [9.17, 15) is 10.1 Å². The molecule has 9 heteroatoms. The summed E-state index contributed by atoms with van der Waals surface area (Å²) in [6, 6.07) is 9.45. The molecule has 2 N–H and O–H groups in total. The molecule has 8 nitrogen and oxygen atoms in total. The van der Waals surface area contributed by atoms with Crippen LogP contribution in [0, 0.1) is 10.1 Å². The van der Waals surface area contributed by atoms with Crippen LogP contribution in [0.2, 0.25) is 0 Å². The van der Waals surface area contributed by atoms with Crippen LogP contribution in [-0.4, -0.2) is 31.4 Å². The van der Waals surface area contributed by atoms with Crippen molar-refractivity contribution in [1.82, 2.24) is 0 Å². The summed E-state index contributed by atoms with van der Waals surface area (Å²) in [5.74, 6) is 1.52. The van der Waals surface area contributed by atoms with E-state index in [0.29, 0.717) is 28.6 Å². The molecule has 0 unspecified atom stereocenters. The Morgan fingerprint density at radius 3 is 2.16 bits per heavy atom. The molecule has 0 aliphatic rings. The number of ether oxygens (including phenoxy) is 3. The van der Waals surface area contributed by atoms with Gasteiger partial charge in [-0.1, -0.05) is 0 Å². The lowest BCUT2D eigenvalue weighted by Gasteiger charge is -2.14. The fraction of sp³-hybridized carbons (Fsp3) is 0.188. The van der Waals surface area contributed by atoms with Gasteiger partial charge in [-0.05, 0) is 18.3 Å². The summed E-state index contributed by atoms with van der Waals surface area (Å²) < 4.78 is 15.6. The van der Waals surface area contributed by atoms with Gasteiger partial charge in [0.1, 0.15) is 17.2 Å². The van der Waals surface area contributed by atoms with Crippen molar-refractivity contribution in [1.29, 1.82) is 0 Å². The van der Waals surface area contributed by atoms with E-state index in [1.165, 1.54) is 25.3 Å². The van der Waals surface area contributed by atoms with Gasteiger partial charge in [0.25, 0.3) is 5.69 Å². The third-order valence-electron chi connectivity index (χ3n) is 3.25. The minimum atomic E-state index is -0.495. The Labute approximate surface area is 149 Å². The minimum absolute atomic E-state index is 0.0705. The first-order chi connectivity index (χ1) is 12.0. The number of hydrogen-bond donors (Lipinski definition) is 2. The first kappa shape index (κ1) is 18.3. The third-order valence-corrected chi connectivity index (χ3v) is 3.46. The molecule has 0 saturated carbocycles. The molecule has 0 atom stereocenters. The lowest BCUT2D eigenvalue weighted by atomic mass is 10.2. The van der Waals surface area contributed by atoms with E-state index in [2.05, 4.69) is 10.6 Å². The monoisotopic (exact) mass is 363 g/mol. The molecule has 0 heterocycles. The number of anilines is 2. The number of non-ortho nitro benzene ring substituents is 1. The highest BCUT2D eigenvalue weighted by Crippen LogP contribution is 2.30. The van der Waals surface area contributed by atoms with Gasteiger partial charge in [0, 0.05) is 30.0 Å². The molecule has 0 aromatic heterocycles. The van der Waals surface area contributed by atoms with Crippen LogP contribution in [0.15, 0.2) is 36.4 Å². The first-order valence-electron chi connectivity index (χ1n) is 7.10. The second-order valence-corrected chi connectivity index (χ2v) is 5.23. The molecule has 2 rings (SSSR count). The summed E-state index contributed by atoms with van der Waals surface area (Å²) in [4.78, 5) is 10.3. The van der Waals surface area contributed by atoms with E-state index in [0.717, 1.165) is 0 Å². The van der Waals surface area contributed by atoms with Crippen molar-refractivity contribution in [3.05, 3.63) is 46.5 Å². The molecule has 2 aromatic rings. The molecule has 0 amide bonds. The Bertz CT molecular complexity index is 775. The normalized spacial score (nSPS) is 9.88. The van der Waals surface area contributed by atoms with Crippen molar-refractivity contribution in [3.63, 3.8) is 0 Å². The summed E-state index contributed by atoms with van der Waals surface area (Å²) in [5.41, 5.74) is 1.09. The molecule has 132 valence electrons. The number of rotatable bonds is 6. The fourth-order valence-electron chi connectivity index (χ4n) is 2.06. The maximum absolute atomic E-state index is 10.8. The van der Waals surface area contributed by atoms with Crippen LogP contribution >= 0.6 is 12.2 Å². The Morgan fingerprint density at radius 2 is 1.64 bits per heavy atom. The van der Waals surface area contributed by atoms with Crippen LogP contribution in [0.4, 0.5) is 17.1 Å². The van der Waals surface area contributed by atoms with Crippen LogP contribution in [0.5, 0.6) is 17.2 Å². The number of methoxy groups -OCH3 is 3. The zero-order chi connectivity index (χ0) is 18.4. The lowest BCUT2D eigenvalue weighted by molar-refractivity contribution is -0.384. The van der Waals surface area contributed by atoms with E-state index in [4.69, 9.17) is 26.4 Å². The van der Waals surface area contributed by atoms with Crippen molar-refractivity contribution in [3.8, 4) is 17.2 Å². The molecule has 0 saturated heterocycles. The molecule has 0 aliphatic heterocycles. The molecule has 0 fully saturated rings. The summed E-state index contributed by atoms with van der Waals surface area (Å²) >= 11 is 5.28. The zero-order valence-electron chi connectivity index (χ0n) is 13.9. The van der Waals surface area contributed by atoms with Gasteiger partial charge in [0.05, 0.1) is 38.0 Å². The van der Waals surface area contributed by atoms with E-state index < -0.39 is 4.92 Å². The van der Waals surface area contributed by atoms with Gasteiger partial charge >= 0.3 is 0 Å². The van der Waals surface area contributed by atoms with Crippen LogP contribution in [0.1, 0.15) is 0 Å².